The second-order valence-corrected chi connectivity index (χ2v) is 6.84. The minimum absolute atomic E-state index is 0.0675. The molecule has 26 heavy (non-hydrogen) atoms. The molecule has 3 atom stereocenters. The number of alkyl halides is 1. The quantitative estimate of drug-likeness (QED) is 0.705. The molecule has 0 spiro atoms. The van der Waals surface area contributed by atoms with E-state index in [1.165, 1.54) is 6.33 Å². The lowest BCUT2D eigenvalue weighted by atomic mass is 10.1. The van der Waals surface area contributed by atoms with Crippen molar-refractivity contribution >= 4 is 16.9 Å². The predicted molar refractivity (Wildman–Crippen MR) is 97.7 cm³/mol. The molecule has 0 amide bonds. The van der Waals surface area contributed by atoms with Crippen molar-refractivity contribution in [3.05, 3.63) is 47.9 Å². The third-order valence-electron chi connectivity index (χ3n) is 4.89. The lowest BCUT2D eigenvalue weighted by Crippen LogP contribution is -2.19. The number of halogens is 1. The zero-order chi connectivity index (χ0) is 17.9. The third-order valence-corrected chi connectivity index (χ3v) is 4.89. The standard InChI is InChI=1S/C19H22FN5O/c1-12-2-4-13(5-3-12)17(20)10-26-15-7-6-14(8-15)24-18-16-9-23-25-19(16)22-11-21-18/h2-5,9,11,14-15,17H,6-8,10H2,1H3,(H2,21,22,23,24,25)/t14-,15-,17+/m0/s1. The molecule has 3 aromatic rings. The molecule has 2 N–H and O–H groups in total. The van der Waals surface area contributed by atoms with Crippen molar-refractivity contribution in [3.63, 3.8) is 0 Å². The van der Waals surface area contributed by atoms with Crippen LogP contribution in [0, 0.1) is 6.92 Å². The van der Waals surface area contributed by atoms with Crippen molar-refractivity contribution in [1.29, 1.82) is 0 Å². The molecule has 1 saturated carbocycles. The molecule has 1 aliphatic rings. The summed E-state index contributed by atoms with van der Waals surface area (Å²) in [4.78, 5) is 8.44. The predicted octanol–water partition coefficient (Wildman–Crippen LogP) is 3.72. The van der Waals surface area contributed by atoms with Gasteiger partial charge in [-0.05, 0) is 31.7 Å². The minimum atomic E-state index is -1.09. The number of fused-ring (bicyclic) bond motifs is 1. The maximum absolute atomic E-state index is 14.3. The molecular formula is C19H22FN5O. The van der Waals surface area contributed by atoms with E-state index in [9.17, 15) is 4.39 Å². The summed E-state index contributed by atoms with van der Waals surface area (Å²) in [5.74, 6) is 0.775. The second kappa shape index (κ2) is 7.37. The SMILES string of the molecule is Cc1ccc([C@H](F)CO[C@H]2CC[C@H](Nc3ncnc4[nH]ncc34)C2)cc1. The number of hydrogen-bond acceptors (Lipinski definition) is 5. The summed E-state index contributed by atoms with van der Waals surface area (Å²) in [6.45, 7) is 2.09. The topological polar surface area (TPSA) is 75.7 Å². The smallest absolute Gasteiger partial charge is 0.160 e. The van der Waals surface area contributed by atoms with Crippen LogP contribution >= 0.6 is 0 Å². The molecule has 0 bridgehead atoms. The van der Waals surface area contributed by atoms with Crippen LogP contribution in [0.15, 0.2) is 36.8 Å². The first-order valence-electron chi connectivity index (χ1n) is 8.92. The van der Waals surface area contributed by atoms with E-state index in [1.807, 2.05) is 31.2 Å². The number of rotatable bonds is 6. The highest BCUT2D eigenvalue weighted by atomic mass is 19.1. The number of hydrogen-bond donors (Lipinski definition) is 2. The summed E-state index contributed by atoms with van der Waals surface area (Å²) in [6, 6.07) is 7.76. The normalized spacial score (nSPS) is 21.2. The van der Waals surface area contributed by atoms with Crippen molar-refractivity contribution in [2.45, 2.75) is 44.5 Å². The van der Waals surface area contributed by atoms with E-state index in [2.05, 4.69) is 25.5 Å². The van der Waals surface area contributed by atoms with Crippen LogP contribution in [0.2, 0.25) is 0 Å². The van der Waals surface area contributed by atoms with Gasteiger partial charge in [-0.3, -0.25) is 5.10 Å². The van der Waals surface area contributed by atoms with Gasteiger partial charge in [0.25, 0.3) is 0 Å². The van der Waals surface area contributed by atoms with Gasteiger partial charge in [0.15, 0.2) is 5.65 Å². The Kier molecular flexibility index (Phi) is 4.79. The number of aromatic nitrogens is 4. The Balaban J connectivity index is 1.30. The van der Waals surface area contributed by atoms with E-state index in [4.69, 9.17) is 4.74 Å². The van der Waals surface area contributed by atoms with Gasteiger partial charge < -0.3 is 10.1 Å². The van der Waals surface area contributed by atoms with Crippen LogP contribution in [0.25, 0.3) is 11.0 Å². The fourth-order valence-corrected chi connectivity index (χ4v) is 3.39. The molecule has 2 aromatic heterocycles. The van der Waals surface area contributed by atoms with Gasteiger partial charge in [-0.2, -0.15) is 5.10 Å². The molecule has 0 unspecified atom stereocenters. The summed E-state index contributed by atoms with van der Waals surface area (Å²) in [7, 11) is 0. The number of H-pyrrole nitrogens is 1. The Morgan fingerprint density at radius 2 is 2.12 bits per heavy atom. The van der Waals surface area contributed by atoms with Crippen LogP contribution in [0.3, 0.4) is 0 Å². The molecule has 1 aromatic carbocycles. The van der Waals surface area contributed by atoms with Crippen molar-refractivity contribution in [2.75, 3.05) is 11.9 Å². The summed E-state index contributed by atoms with van der Waals surface area (Å²) in [5, 5.41) is 11.2. The van der Waals surface area contributed by atoms with Gasteiger partial charge in [-0.15, -0.1) is 0 Å². The molecule has 6 nitrogen and oxygen atoms in total. The Morgan fingerprint density at radius 3 is 2.96 bits per heavy atom. The van der Waals surface area contributed by atoms with E-state index in [0.29, 0.717) is 11.2 Å². The molecule has 1 fully saturated rings. The average Bonchev–Trinajstić information content (AvgIpc) is 3.30. The summed E-state index contributed by atoms with van der Waals surface area (Å²) < 4.78 is 20.2. The first-order chi connectivity index (χ1) is 12.7. The fourth-order valence-electron chi connectivity index (χ4n) is 3.39. The van der Waals surface area contributed by atoms with Gasteiger partial charge in [-0.1, -0.05) is 29.8 Å². The number of ether oxygens (including phenoxy) is 1. The largest absolute Gasteiger partial charge is 0.375 e. The van der Waals surface area contributed by atoms with Gasteiger partial charge in [0.05, 0.1) is 24.3 Å². The number of anilines is 1. The minimum Gasteiger partial charge on any atom is -0.375 e. The maximum atomic E-state index is 14.3. The number of nitrogens with one attached hydrogen (secondary N) is 2. The van der Waals surface area contributed by atoms with Crippen molar-refractivity contribution in [2.24, 2.45) is 0 Å². The van der Waals surface area contributed by atoms with E-state index in [0.717, 1.165) is 36.0 Å². The second-order valence-electron chi connectivity index (χ2n) is 6.84. The van der Waals surface area contributed by atoms with Crippen LogP contribution < -0.4 is 5.32 Å². The highest BCUT2D eigenvalue weighted by molar-refractivity contribution is 5.85. The molecule has 1 aliphatic carbocycles. The van der Waals surface area contributed by atoms with Gasteiger partial charge in [0, 0.05) is 6.04 Å². The highest BCUT2D eigenvalue weighted by Crippen LogP contribution is 2.28. The van der Waals surface area contributed by atoms with Gasteiger partial charge >= 0.3 is 0 Å². The lowest BCUT2D eigenvalue weighted by molar-refractivity contribution is 0.0217. The first-order valence-corrected chi connectivity index (χ1v) is 8.92. The average molecular weight is 355 g/mol. The zero-order valence-corrected chi connectivity index (χ0v) is 14.7. The van der Waals surface area contributed by atoms with Crippen molar-refractivity contribution < 1.29 is 9.13 Å². The number of benzene rings is 1. The molecule has 0 saturated heterocycles. The summed E-state index contributed by atoms with van der Waals surface area (Å²) >= 11 is 0. The maximum Gasteiger partial charge on any atom is 0.160 e. The van der Waals surface area contributed by atoms with Crippen LogP contribution in [0.1, 0.15) is 36.6 Å². The van der Waals surface area contributed by atoms with Gasteiger partial charge in [0.2, 0.25) is 0 Å². The Labute approximate surface area is 151 Å². The van der Waals surface area contributed by atoms with Crippen LogP contribution in [-0.4, -0.2) is 38.9 Å². The van der Waals surface area contributed by atoms with E-state index >= 15 is 0 Å². The fraction of sp³-hybridized carbons (Fsp3) is 0.421. The molecule has 0 radical (unpaired) electrons. The monoisotopic (exact) mass is 355 g/mol. The zero-order valence-electron chi connectivity index (χ0n) is 14.7. The molecule has 136 valence electrons. The third kappa shape index (κ3) is 3.67. The number of nitrogens with zero attached hydrogens (tertiary/aromatic N) is 3. The van der Waals surface area contributed by atoms with Gasteiger partial charge in [0.1, 0.15) is 18.3 Å². The lowest BCUT2D eigenvalue weighted by Gasteiger charge is -2.16. The number of aromatic amines is 1. The molecule has 7 heteroatoms. The van der Waals surface area contributed by atoms with Crippen LogP contribution in [0.4, 0.5) is 10.2 Å². The Hall–Kier alpha value is -2.54. The van der Waals surface area contributed by atoms with Gasteiger partial charge in [-0.25, -0.2) is 14.4 Å². The van der Waals surface area contributed by atoms with Crippen molar-refractivity contribution in [1.82, 2.24) is 20.2 Å². The van der Waals surface area contributed by atoms with Crippen LogP contribution in [0.5, 0.6) is 0 Å². The summed E-state index contributed by atoms with van der Waals surface area (Å²) in [5.41, 5.74) is 2.52. The van der Waals surface area contributed by atoms with Crippen molar-refractivity contribution in [3.8, 4) is 0 Å². The van der Waals surface area contributed by atoms with E-state index < -0.39 is 6.17 Å². The van der Waals surface area contributed by atoms with E-state index in [-0.39, 0.29) is 18.8 Å². The Bertz CT molecular complexity index is 866. The Morgan fingerprint density at radius 1 is 1.27 bits per heavy atom. The molecule has 2 heterocycles. The first kappa shape index (κ1) is 16.9. The molecule has 0 aliphatic heterocycles. The summed E-state index contributed by atoms with van der Waals surface area (Å²) in [6.07, 6.45) is 4.93. The molecular weight excluding hydrogens is 333 g/mol. The highest BCUT2D eigenvalue weighted by Gasteiger charge is 2.27. The number of aryl methyl sites for hydroxylation is 1. The molecule has 4 rings (SSSR count). The van der Waals surface area contributed by atoms with E-state index in [1.54, 1.807) is 6.20 Å². The van der Waals surface area contributed by atoms with Crippen LogP contribution in [-0.2, 0) is 4.74 Å².